The Hall–Kier alpha value is -1.15. The van der Waals surface area contributed by atoms with Crippen molar-refractivity contribution in [2.45, 2.75) is 26.3 Å². The summed E-state index contributed by atoms with van der Waals surface area (Å²) in [6.45, 7) is 4.89. The molecule has 0 bridgehead atoms. The van der Waals surface area contributed by atoms with Crippen LogP contribution in [0.3, 0.4) is 0 Å². The van der Waals surface area contributed by atoms with Crippen molar-refractivity contribution in [3.63, 3.8) is 0 Å². The van der Waals surface area contributed by atoms with Gasteiger partial charge in [-0.1, -0.05) is 37.3 Å². The zero-order chi connectivity index (χ0) is 10.4. The monoisotopic (exact) mass is 191 g/mol. The Morgan fingerprint density at radius 2 is 2.00 bits per heavy atom. The molecule has 0 spiro atoms. The number of nitrogens with one attached hydrogen (secondary N) is 1. The van der Waals surface area contributed by atoms with E-state index < -0.39 is 0 Å². The molecule has 2 nitrogen and oxygen atoms in total. The molecule has 0 saturated heterocycles. The fraction of sp³-hybridized carbons (Fsp3) is 0.417. The van der Waals surface area contributed by atoms with Crippen LogP contribution in [0.15, 0.2) is 30.3 Å². The lowest BCUT2D eigenvalue weighted by Gasteiger charge is -2.11. The molecule has 0 aliphatic heterocycles. The Morgan fingerprint density at radius 1 is 1.36 bits per heavy atom. The van der Waals surface area contributed by atoms with Crippen LogP contribution in [-0.4, -0.2) is 18.4 Å². The van der Waals surface area contributed by atoms with Gasteiger partial charge < -0.3 is 5.32 Å². The van der Waals surface area contributed by atoms with E-state index in [-0.39, 0.29) is 11.8 Å². The number of hydrogen-bond acceptors (Lipinski definition) is 2. The quantitative estimate of drug-likeness (QED) is 0.723. The molecule has 0 aliphatic carbocycles. The molecule has 1 aromatic rings. The molecule has 2 heteroatoms. The molecule has 0 aromatic heterocycles. The summed E-state index contributed by atoms with van der Waals surface area (Å²) in [6.07, 6.45) is 1.05. The number of benzene rings is 1. The third kappa shape index (κ3) is 2.96. The SMILES string of the molecule is CCCNC(C)C(=O)c1ccccc1. The number of rotatable bonds is 5. The highest BCUT2D eigenvalue weighted by Crippen LogP contribution is 2.02. The Balaban J connectivity index is 2.57. The van der Waals surface area contributed by atoms with E-state index in [1.807, 2.05) is 37.3 Å². The first kappa shape index (κ1) is 10.9. The predicted molar refractivity (Wildman–Crippen MR) is 58.5 cm³/mol. The van der Waals surface area contributed by atoms with Crippen LogP contribution in [-0.2, 0) is 0 Å². The highest BCUT2D eigenvalue weighted by atomic mass is 16.1. The highest BCUT2D eigenvalue weighted by molar-refractivity contribution is 5.99. The summed E-state index contributed by atoms with van der Waals surface area (Å²) in [6, 6.07) is 9.32. The van der Waals surface area contributed by atoms with E-state index in [1.54, 1.807) is 0 Å². The van der Waals surface area contributed by atoms with Gasteiger partial charge in [0.15, 0.2) is 5.78 Å². The second-order valence-electron chi connectivity index (χ2n) is 3.41. The van der Waals surface area contributed by atoms with Gasteiger partial charge in [-0.2, -0.15) is 0 Å². The van der Waals surface area contributed by atoms with Crippen molar-refractivity contribution in [3.05, 3.63) is 35.9 Å². The topological polar surface area (TPSA) is 29.1 Å². The van der Waals surface area contributed by atoms with Crippen LogP contribution in [0.4, 0.5) is 0 Å². The molecule has 0 fully saturated rings. The molecule has 76 valence electrons. The van der Waals surface area contributed by atoms with E-state index in [4.69, 9.17) is 0 Å². The average molecular weight is 191 g/mol. The van der Waals surface area contributed by atoms with Crippen molar-refractivity contribution >= 4 is 5.78 Å². The van der Waals surface area contributed by atoms with Gasteiger partial charge in [0.2, 0.25) is 0 Å². The van der Waals surface area contributed by atoms with Crippen molar-refractivity contribution in [1.29, 1.82) is 0 Å². The number of ketones is 1. The fourth-order valence-corrected chi connectivity index (χ4v) is 1.31. The van der Waals surface area contributed by atoms with E-state index in [0.717, 1.165) is 18.5 Å². The van der Waals surface area contributed by atoms with Crippen molar-refractivity contribution in [2.75, 3.05) is 6.54 Å². The maximum atomic E-state index is 11.8. The minimum absolute atomic E-state index is 0.0858. The van der Waals surface area contributed by atoms with Crippen LogP contribution in [0.5, 0.6) is 0 Å². The van der Waals surface area contributed by atoms with Crippen LogP contribution in [0.25, 0.3) is 0 Å². The predicted octanol–water partition coefficient (Wildman–Crippen LogP) is 2.26. The number of Topliss-reactive ketones (excluding diaryl/α,β-unsaturated/α-hetero) is 1. The first-order valence-electron chi connectivity index (χ1n) is 5.08. The molecule has 0 amide bonds. The minimum Gasteiger partial charge on any atom is -0.307 e. The molecular weight excluding hydrogens is 174 g/mol. The molecule has 0 radical (unpaired) electrons. The zero-order valence-electron chi connectivity index (χ0n) is 8.79. The van der Waals surface area contributed by atoms with Gasteiger partial charge in [-0.3, -0.25) is 4.79 Å². The molecule has 0 aliphatic rings. The van der Waals surface area contributed by atoms with Gasteiger partial charge in [-0.25, -0.2) is 0 Å². The molecule has 1 rings (SSSR count). The Kier molecular flexibility index (Phi) is 4.33. The second-order valence-corrected chi connectivity index (χ2v) is 3.41. The fourth-order valence-electron chi connectivity index (χ4n) is 1.31. The summed E-state index contributed by atoms with van der Waals surface area (Å²) >= 11 is 0. The standard InChI is InChI=1S/C12H17NO/c1-3-9-13-10(2)12(14)11-7-5-4-6-8-11/h4-8,10,13H,3,9H2,1-2H3. The van der Waals surface area contributed by atoms with Crippen molar-refractivity contribution < 1.29 is 4.79 Å². The lowest BCUT2D eigenvalue weighted by atomic mass is 10.1. The summed E-state index contributed by atoms with van der Waals surface area (Å²) in [5.74, 6) is 0.166. The van der Waals surface area contributed by atoms with Crippen LogP contribution >= 0.6 is 0 Å². The van der Waals surface area contributed by atoms with Crippen LogP contribution in [0.2, 0.25) is 0 Å². The third-order valence-corrected chi connectivity index (χ3v) is 2.15. The maximum Gasteiger partial charge on any atom is 0.179 e. The van der Waals surface area contributed by atoms with Crippen LogP contribution < -0.4 is 5.32 Å². The van der Waals surface area contributed by atoms with E-state index >= 15 is 0 Å². The molecule has 0 saturated carbocycles. The highest BCUT2D eigenvalue weighted by Gasteiger charge is 2.12. The maximum absolute atomic E-state index is 11.8. The number of carbonyl (C=O) groups excluding carboxylic acids is 1. The van der Waals surface area contributed by atoms with Gasteiger partial charge >= 0.3 is 0 Å². The van der Waals surface area contributed by atoms with E-state index in [2.05, 4.69) is 12.2 Å². The first-order chi connectivity index (χ1) is 6.75. The number of hydrogen-bond donors (Lipinski definition) is 1. The van der Waals surface area contributed by atoms with Crippen LogP contribution in [0.1, 0.15) is 30.6 Å². The van der Waals surface area contributed by atoms with Gasteiger partial charge in [-0.05, 0) is 19.9 Å². The Labute approximate surface area is 85.3 Å². The Morgan fingerprint density at radius 3 is 2.57 bits per heavy atom. The molecule has 1 aromatic carbocycles. The molecule has 1 atom stereocenters. The summed E-state index contributed by atoms with van der Waals surface area (Å²) in [7, 11) is 0. The third-order valence-electron chi connectivity index (χ3n) is 2.15. The van der Waals surface area contributed by atoms with Crippen molar-refractivity contribution in [3.8, 4) is 0 Å². The average Bonchev–Trinajstić information content (AvgIpc) is 2.26. The van der Waals surface area contributed by atoms with Gasteiger partial charge in [0.05, 0.1) is 6.04 Å². The van der Waals surface area contributed by atoms with Gasteiger partial charge in [0.1, 0.15) is 0 Å². The van der Waals surface area contributed by atoms with Crippen molar-refractivity contribution in [1.82, 2.24) is 5.32 Å². The minimum atomic E-state index is -0.0858. The lowest BCUT2D eigenvalue weighted by molar-refractivity contribution is 0.0951. The summed E-state index contributed by atoms with van der Waals surface area (Å²) in [4.78, 5) is 11.8. The van der Waals surface area contributed by atoms with E-state index in [1.165, 1.54) is 0 Å². The Bertz CT molecular complexity index is 282. The van der Waals surface area contributed by atoms with Crippen LogP contribution in [0, 0.1) is 0 Å². The molecule has 1 unspecified atom stereocenters. The summed E-state index contributed by atoms with van der Waals surface area (Å²) in [5, 5.41) is 3.18. The first-order valence-corrected chi connectivity index (χ1v) is 5.08. The summed E-state index contributed by atoms with van der Waals surface area (Å²) < 4.78 is 0. The molecule has 0 heterocycles. The lowest BCUT2D eigenvalue weighted by Crippen LogP contribution is -2.34. The smallest absolute Gasteiger partial charge is 0.179 e. The normalized spacial score (nSPS) is 12.4. The second kappa shape index (κ2) is 5.55. The van der Waals surface area contributed by atoms with E-state index in [9.17, 15) is 4.79 Å². The molecular formula is C12H17NO. The number of carbonyl (C=O) groups is 1. The molecule has 14 heavy (non-hydrogen) atoms. The van der Waals surface area contributed by atoms with Gasteiger partial charge in [0, 0.05) is 5.56 Å². The van der Waals surface area contributed by atoms with Gasteiger partial charge in [-0.15, -0.1) is 0 Å². The van der Waals surface area contributed by atoms with Gasteiger partial charge in [0.25, 0.3) is 0 Å². The van der Waals surface area contributed by atoms with Crippen molar-refractivity contribution in [2.24, 2.45) is 0 Å². The zero-order valence-corrected chi connectivity index (χ0v) is 8.79. The summed E-state index contributed by atoms with van der Waals surface area (Å²) in [5.41, 5.74) is 0.781. The molecule has 1 N–H and O–H groups in total. The largest absolute Gasteiger partial charge is 0.307 e. The van der Waals surface area contributed by atoms with E-state index in [0.29, 0.717) is 0 Å².